The third kappa shape index (κ3) is 3.71. The minimum absolute atomic E-state index is 0.110. The van der Waals surface area contributed by atoms with Gasteiger partial charge < -0.3 is 5.11 Å². The number of rotatable bonds is 5. The minimum Gasteiger partial charge on any atom is -0.868 e. The van der Waals surface area contributed by atoms with Crippen molar-refractivity contribution in [1.82, 2.24) is 0 Å². The molecular formula is C19H13BrN2O5S. The Morgan fingerprint density at radius 3 is 2.11 bits per heavy atom. The van der Waals surface area contributed by atoms with Crippen molar-refractivity contribution in [2.75, 3.05) is 6.26 Å². The van der Waals surface area contributed by atoms with E-state index in [9.17, 15) is 25.3 Å². The second-order valence-electron chi connectivity index (χ2n) is 5.79. The summed E-state index contributed by atoms with van der Waals surface area (Å²) in [5.74, 6) is -0.460. The highest BCUT2D eigenvalue weighted by atomic mass is 79.9. The zero-order valence-corrected chi connectivity index (χ0v) is 16.9. The van der Waals surface area contributed by atoms with E-state index in [4.69, 9.17) is 0 Å². The fraction of sp³-hybridized carbons (Fsp3) is 0.0526. The Bertz CT molecular complexity index is 1080. The van der Waals surface area contributed by atoms with Crippen LogP contribution in [0, 0.1) is 20.2 Å². The summed E-state index contributed by atoms with van der Waals surface area (Å²) in [5, 5.41) is 35.7. The molecule has 0 fully saturated rings. The predicted octanol–water partition coefficient (Wildman–Crippen LogP) is 4.67. The van der Waals surface area contributed by atoms with E-state index in [1.54, 1.807) is 6.26 Å². The van der Waals surface area contributed by atoms with Crippen LogP contribution in [0.15, 0.2) is 74.9 Å². The van der Waals surface area contributed by atoms with Crippen molar-refractivity contribution < 1.29 is 15.0 Å². The summed E-state index contributed by atoms with van der Waals surface area (Å²) in [6.45, 7) is 0. The lowest BCUT2D eigenvalue weighted by Crippen LogP contribution is -2.10. The number of nitro groups is 2. The fourth-order valence-corrected chi connectivity index (χ4v) is 5.01. The van der Waals surface area contributed by atoms with Crippen LogP contribution in [-0.2, 0) is 10.9 Å². The molecule has 0 saturated carbocycles. The third-order valence-electron chi connectivity index (χ3n) is 4.14. The van der Waals surface area contributed by atoms with E-state index in [2.05, 4.69) is 15.9 Å². The molecule has 0 aliphatic carbocycles. The Morgan fingerprint density at radius 2 is 1.54 bits per heavy atom. The zero-order chi connectivity index (χ0) is 20.4. The van der Waals surface area contributed by atoms with Gasteiger partial charge in [-0.25, -0.2) is 0 Å². The van der Waals surface area contributed by atoms with Crippen LogP contribution >= 0.6 is 15.9 Å². The second-order valence-corrected chi connectivity index (χ2v) is 8.55. The van der Waals surface area contributed by atoms with E-state index in [1.807, 2.05) is 30.3 Å². The van der Waals surface area contributed by atoms with Gasteiger partial charge in [-0.05, 0) is 57.1 Å². The van der Waals surface area contributed by atoms with Gasteiger partial charge in [-0.3, -0.25) is 20.2 Å². The van der Waals surface area contributed by atoms with Crippen LogP contribution in [-0.4, -0.2) is 16.1 Å². The summed E-state index contributed by atoms with van der Waals surface area (Å²) in [6, 6.07) is 15.9. The maximum absolute atomic E-state index is 13.2. The number of non-ortho nitro benzene ring substituents is 1. The first-order valence-electron chi connectivity index (χ1n) is 7.95. The van der Waals surface area contributed by atoms with E-state index in [0.717, 1.165) is 4.90 Å². The maximum atomic E-state index is 13.2. The molecule has 3 rings (SSSR count). The molecule has 0 bridgehead atoms. The van der Waals surface area contributed by atoms with Crippen LogP contribution < -0.4 is 5.11 Å². The molecule has 0 saturated heterocycles. The molecule has 9 heteroatoms. The monoisotopic (exact) mass is 460 g/mol. The first kappa shape index (κ1) is 19.8. The highest BCUT2D eigenvalue weighted by molar-refractivity contribution is 9.10. The normalized spacial score (nSPS) is 11.8. The lowest BCUT2D eigenvalue weighted by atomic mass is 10.0. The average Bonchev–Trinajstić information content (AvgIpc) is 2.68. The van der Waals surface area contributed by atoms with Gasteiger partial charge in [-0.2, -0.15) is 0 Å². The van der Waals surface area contributed by atoms with Gasteiger partial charge in [-0.1, -0.05) is 18.2 Å². The van der Waals surface area contributed by atoms with E-state index >= 15 is 0 Å². The van der Waals surface area contributed by atoms with Gasteiger partial charge in [0.25, 0.3) is 5.69 Å². The summed E-state index contributed by atoms with van der Waals surface area (Å²) < 4.78 is 0.370. The maximum Gasteiger partial charge on any atom is 0.323 e. The Morgan fingerprint density at radius 1 is 0.893 bits per heavy atom. The van der Waals surface area contributed by atoms with Gasteiger partial charge in [0.2, 0.25) is 4.90 Å². The smallest absolute Gasteiger partial charge is 0.323 e. The summed E-state index contributed by atoms with van der Waals surface area (Å²) >= 11 is 3.27. The van der Waals surface area contributed by atoms with Crippen LogP contribution in [0.4, 0.5) is 11.4 Å². The van der Waals surface area contributed by atoms with Gasteiger partial charge in [0.05, 0.1) is 20.7 Å². The molecule has 0 radical (unpaired) electrons. The Kier molecular flexibility index (Phi) is 5.66. The average molecular weight is 461 g/mol. The molecule has 3 aromatic rings. The van der Waals surface area contributed by atoms with Gasteiger partial charge >= 0.3 is 5.69 Å². The van der Waals surface area contributed by atoms with Crippen LogP contribution in [0.5, 0.6) is 5.75 Å². The van der Waals surface area contributed by atoms with E-state index < -0.39 is 26.5 Å². The SMILES string of the molecule is C[S+](c1ccccc1)c1c([N+](=O)[O-])ccc(-c2ccc([N+](=O)[O-])cc2Br)c1[O-]. The molecule has 0 spiro atoms. The number of halogens is 1. The lowest BCUT2D eigenvalue weighted by molar-refractivity contribution is -0.389. The van der Waals surface area contributed by atoms with E-state index in [-0.39, 0.29) is 21.8 Å². The molecule has 0 N–H and O–H groups in total. The molecular weight excluding hydrogens is 448 g/mol. The van der Waals surface area contributed by atoms with Gasteiger partial charge in [0, 0.05) is 22.7 Å². The molecule has 0 aromatic heterocycles. The molecule has 0 aliphatic rings. The highest BCUT2D eigenvalue weighted by Gasteiger charge is 2.31. The molecule has 142 valence electrons. The second kappa shape index (κ2) is 7.99. The Balaban J connectivity index is 2.21. The number of hydrogen-bond donors (Lipinski definition) is 0. The third-order valence-corrected chi connectivity index (χ3v) is 6.79. The number of nitrogens with zero attached hydrogens (tertiary/aromatic N) is 2. The molecule has 28 heavy (non-hydrogen) atoms. The van der Waals surface area contributed by atoms with Crippen LogP contribution in [0.2, 0.25) is 0 Å². The lowest BCUT2D eigenvalue weighted by Gasteiger charge is -2.18. The molecule has 7 nitrogen and oxygen atoms in total. The van der Waals surface area contributed by atoms with Crippen molar-refractivity contribution in [3.8, 4) is 16.9 Å². The van der Waals surface area contributed by atoms with Gasteiger partial charge in [-0.15, -0.1) is 0 Å². The molecule has 1 atom stereocenters. The Hall–Kier alpha value is -2.91. The molecule has 0 amide bonds. The zero-order valence-electron chi connectivity index (χ0n) is 14.5. The molecule has 3 aromatic carbocycles. The van der Waals surface area contributed by atoms with Crippen LogP contribution in [0.3, 0.4) is 0 Å². The van der Waals surface area contributed by atoms with Crippen LogP contribution in [0.25, 0.3) is 11.1 Å². The number of benzene rings is 3. The van der Waals surface area contributed by atoms with Crippen molar-refractivity contribution in [3.63, 3.8) is 0 Å². The summed E-state index contributed by atoms with van der Waals surface area (Å²) in [4.78, 5) is 22.3. The molecule has 0 aliphatic heterocycles. The predicted molar refractivity (Wildman–Crippen MR) is 109 cm³/mol. The highest BCUT2D eigenvalue weighted by Crippen LogP contribution is 2.43. The van der Waals surface area contributed by atoms with E-state index in [1.165, 1.54) is 30.3 Å². The largest absolute Gasteiger partial charge is 0.868 e. The summed E-state index contributed by atoms with van der Waals surface area (Å²) in [6.07, 6.45) is 1.77. The number of hydrogen-bond acceptors (Lipinski definition) is 5. The fourth-order valence-electron chi connectivity index (χ4n) is 2.78. The standard InChI is InChI=1S/C19H13BrN2O5S/c1-28(13-5-3-2-4-6-13)19-17(22(26)27)10-9-15(18(19)23)14-8-7-12(21(24)25)11-16(14)20/h2-11H,1H3. The van der Waals surface area contributed by atoms with Gasteiger partial charge in [0.1, 0.15) is 6.26 Å². The minimum atomic E-state index is -0.821. The molecule has 0 heterocycles. The van der Waals surface area contributed by atoms with Crippen molar-refractivity contribution in [3.05, 3.63) is 85.4 Å². The number of nitro benzene ring substituents is 2. The first-order chi connectivity index (χ1) is 13.3. The topological polar surface area (TPSA) is 109 Å². The van der Waals surface area contributed by atoms with E-state index in [0.29, 0.717) is 10.0 Å². The molecule has 1 unspecified atom stereocenters. The van der Waals surface area contributed by atoms with Crippen molar-refractivity contribution in [2.45, 2.75) is 9.79 Å². The quantitative estimate of drug-likeness (QED) is 0.312. The van der Waals surface area contributed by atoms with Gasteiger partial charge in [0.15, 0.2) is 4.90 Å². The van der Waals surface area contributed by atoms with Crippen LogP contribution in [0.1, 0.15) is 0 Å². The Labute approximate surface area is 171 Å². The first-order valence-corrected chi connectivity index (χ1v) is 10.4. The van der Waals surface area contributed by atoms with Crippen molar-refractivity contribution in [2.24, 2.45) is 0 Å². The van der Waals surface area contributed by atoms with Crippen molar-refractivity contribution in [1.29, 1.82) is 0 Å². The summed E-state index contributed by atoms with van der Waals surface area (Å²) in [5.41, 5.74) is 0.334. The summed E-state index contributed by atoms with van der Waals surface area (Å²) in [7, 11) is -0.821. The van der Waals surface area contributed by atoms with Crippen molar-refractivity contribution >= 4 is 38.2 Å².